The van der Waals surface area contributed by atoms with E-state index in [9.17, 15) is 13.2 Å². The van der Waals surface area contributed by atoms with Crippen LogP contribution in [0.15, 0.2) is 245 Å². The van der Waals surface area contributed by atoms with Gasteiger partial charge < -0.3 is 53.0 Å². The number of halogens is 6. The van der Waals surface area contributed by atoms with Gasteiger partial charge in [0, 0.05) is 55.6 Å². The number of hydrogen-bond acceptors (Lipinski definition) is 30. The topological polar surface area (TPSA) is 487 Å². The number of anilines is 7. The number of aromatic nitrogens is 31. The van der Waals surface area contributed by atoms with Gasteiger partial charge >= 0.3 is 0 Å². The van der Waals surface area contributed by atoms with E-state index >= 15 is 0 Å². The molecule has 23 aromatic rings. The lowest BCUT2D eigenvalue weighted by atomic mass is 9.98. The van der Waals surface area contributed by atoms with E-state index in [-0.39, 0.29) is 70.7 Å². The lowest BCUT2D eigenvalue weighted by Crippen LogP contribution is -2.15. The van der Waals surface area contributed by atoms with Crippen molar-refractivity contribution in [1.82, 2.24) is 153 Å². The predicted molar refractivity (Wildman–Crippen MR) is 551 cm³/mol. The number of nitrogens with zero attached hydrogens (tertiary/aromatic N) is 30. The molecule has 0 spiro atoms. The van der Waals surface area contributed by atoms with E-state index in [2.05, 4.69) is 181 Å². The van der Waals surface area contributed by atoms with Crippen molar-refractivity contribution in [2.24, 2.45) is 0 Å². The third-order valence-corrected chi connectivity index (χ3v) is 24.6. The minimum absolute atomic E-state index is 0.0638. The summed E-state index contributed by atoms with van der Waals surface area (Å²) in [6.45, 7) is 28.8. The van der Waals surface area contributed by atoms with E-state index < -0.39 is 0 Å². The van der Waals surface area contributed by atoms with Gasteiger partial charge in [0.25, 0.3) is 11.4 Å². The quantitative estimate of drug-likeness (QED) is 0.0266. The van der Waals surface area contributed by atoms with Gasteiger partial charge in [-0.15, -0.1) is 0 Å². The second-order valence-electron chi connectivity index (χ2n) is 33.0. The maximum Gasteiger partial charge on any atom is 0.268 e. The Bertz CT molecular complexity index is 8610. The summed E-state index contributed by atoms with van der Waals surface area (Å²) in [7, 11) is 0. The van der Waals surface area contributed by atoms with Crippen molar-refractivity contribution in [2.45, 2.75) is 97.9 Å². The highest BCUT2D eigenvalue weighted by molar-refractivity contribution is 6.30. The summed E-state index contributed by atoms with van der Waals surface area (Å²) in [4.78, 5) is 92.1. The first-order chi connectivity index (χ1) is 71.1. The van der Waals surface area contributed by atoms with E-state index in [1.807, 2.05) is 130 Å². The highest BCUT2D eigenvalue weighted by Gasteiger charge is 2.29. The summed E-state index contributed by atoms with van der Waals surface area (Å²) >= 11 is 18.6. The van der Waals surface area contributed by atoms with Crippen LogP contribution < -0.4 is 38.1 Å². The standard InChI is InChI=1S/3C20H16ClFN8.2C20H18N8/c2*1-2-14(28-20-18-19(25-9-24-18)26-10-27-20)12-7-16-23-8-15(21)30(16)29-17(12)11-5-3-4-6-13(11)22;1-3-14(28-20-18(24-2)19(23)26-10-27-20)13-8-16-25-9-15(21)30(16)29-17(13)11-5-4-6-12(22)7-11;1-12-9-21-16-8-15(17(27-28(12)16)14-6-4-3-5-7-14)13(2)26-20-18-19(23-10-22-18)24-11-25-20;1-12-10-23-16-9-15(17(27-28(12)16)14-7-5-4-6-8-14)13(2)26-20-18(22-3)19(21)24-11-25-20/h2*3-10,14H,2H2,1H3,(H2,24,25,26,27,28);4-10,14H,3H2,1H3,(H3,23,26,27,28);3-11,13H,1-2H3,(H2,22,23,24,25,26);4-11,13H,1-2H3,(H3,21,24,25,26)/t3*14-;2*13-/m10000/s1. The van der Waals surface area contributed by atoms with Gasteiger partial charge in [-0.2, -0.15) is 25.5 Å². The summed E-state index contributed by atoms with van der Waals surface area (Å²) in [5.74, 6) is 1.76. The zero-order valence-corrected chi connectivity index (χ0v) is 80.7. The van der Waals surface area contributed by atoms with Crippen LogP contribution in [0.2, 0.25) is 15.5 Å². The Kier molecular flexibility index (Phi) is 27.9. The van der Waals surface area contributed by atoms with Crippen LogP contribution in [0.25, 0.3) is 128 Å². The highest BCUT2D eigenvalue weighted by atomic mass is 35.5. The van der Waals surface area contributed by atoms with Crippen LogP contribution in [-0.4, -0.2) is 153 Å². The fourth-order valence-electron chi connectivity index (χ4n) is 16.6. The summed E-state index contributed by atoms with van der Waals surface area (Å²) < 4.78 is 51.5. The summed E-state index contributed by atoms with van der Waals surface area (Å²) in [5.41, 5.74) is 32.1. The molecule has 5 aromatic carbocycles. The maximum absolute atomic E-state index is 14.7. The minimum atomic E-state index is -0.378. The number of nitrogens with one attached hydrogen (secondary N) is 8. The van der Waals surface area contributed by atoms with Gasteiger partial charge in [0.1, 0.15) is 88.9 Å². The number of aromatic amines is 3. The molecule has 12 N–H and O–H groups in total. The summed E-state index contributed by atoms with van der Waals surface area (Å²) in [6, 6.07) is 48.0. The van der Waals surface area contributed by atoms with Gasteiger partial charge in [-0.1, -0.05) is 153 Å². The SMILES string of the molecule is CC[C@@H](Nc1ncnc2nc[nH]c12)c1cc2ncc(Cl)n2nc1-c1ccccc1F.CC[C@H](Nc1ncnc2nc[nH]c12)c1cc2ncc(Cl)n2nc1-c1ccccc1F.Cc1cnc2cc([C@H](C)Nc3ncnc4nc[nH]c34)c(-c3ccccc3)nn12.[C-]#[N+]c1c(N)ncnc1N[C@@H](C)c1cc2ncc(C)n2nc1-c1ccccc1.[C-]#[N+]c1c(N)ncnc1N[C@@H](CC)c1cc2ncc(Cl)n2nc1-c1cccc(F)c1. The van der Waals surface area contributed by atoms with Crippen LogP contribution in [-0.2, 0) is 0 Å². The Morgan fingerprint density at radius 2 is 0.658 bits per heavy atom. The van der Waals surface area contributed by atoms with Crippen molar-refractivity contribution in [2.75, 3.05) is 38.1 Å². The smallest absolute Gasteiger partial charge is 0.268 e. The number of aryl methyl sites for hydroxylation is 2. The molecule has 46 heteroatoms. The molecule has 0 amide bonds. The van der Waals surface area contributed by atoms with Crippen molar-refractivity contribution in [1.29, 1.82) is 0 Å². The van der Waals surface area contributed by atoms with Crippen LogP contribution in [0.1, 0.15) is 123 Å². The molecule has 40 nitrogen and oxygen atoms in total. The average Bonchev–Trinajstić information content (AvgIpc) is 1.72. The van der Waals surface area contributed by atoms with E-state index in [0.29, 0.717) is 142 Å². The highest BCUT2D eigenvalue weighted by Crippen LogP contribution is 2.42. The van der Waals surface area contributed by atoms with Crippen molar-refractivity contribution in [3.8, 4) is 56.3 Å². The molecule has 0 radical (unpaired) electrons. The largest absolute Gasteiger partial charge is 0.392 e. The molecule has 0 saturated carbocycles. The first-order valence-electron chi connectivity index (χ1n) is 45.5. The maximum atomic E-state index is 14.7. The third-order valence-electron chi connectivity index (χ3n) is 23.8. The Morgan fingerprint density at radius 1 is 0.342 bits per heavy atom. The van der Waals surface area contributed by atoms with Gasteiger partial charge in [-0.3, -0.25) is 0 Å². The van der Waals surface area contributed by atoms with Crippen molar-refractivity contribution >= 4 is 149 Å². The zero-order chi connectivity index (χ0) is 101. The Hall–Kier alpha value is -18.7. The molecular formula is C100H84Cl3F3N40. The number of nitrogen functional groups attached to an aromatic ring is 2. The molecule has 0 saturated heterocycles. The molecule has 0 aliphatic rings. The van der Waals surface area contributed by atoms with Gasteiger partial charge in [-0.25, -0.2) is 135 Å². The number of H-pyrrole nitrogens is 3. The second-order valence-corrected chi connectivity index (χ2v) is 34.2. The van der Waals surface area contributed by atoms with Crippen LogP contribution >= 0.6 is 34.8 Å². The van der Waals surface area contributed by atoms with Gasteiger partial charge in [0.15, 0.2) is 78.1 Å². The first-order valence-corrected chi connectivity index (χ1v) is 46.6. The predicted octanol–water partition coefficient (Wildman–Crippen LogP) is 20.9. The number of hydrogen-bond donors (Lipinski definition) is 10. The number of rotatable bonds is 23. The molecule has 0 aliphatic heterocycles. The molecule has 0 unspecified atom stereocenters. The molecule has 5 atom stereocenters. The monoisotopic (exact) mass is 2010 g/mol. The van der Waals surface area contributed by atoms with Crippen molar-refractivity contribution < 1.29 is 13.2 Å². The van der Waals surface area contributed by atoms with Crippen LogP contribution in [0, 0.1) is 44.4 Å². The molecule has 23 rings (SSSR count). The third kappa shape index (κ3) is 19.8. The lowest BCUT2D eigenvalue weighted by molar-refractivity contribution is 0.628. The first kappa shape index (κ1) is 96.1. The Labute approximate surface area is 842 Å². The minimum Gasteiger partial charge on any atom is -0.392 e. The fourth-order valence-corrected chi connectivity index (χ4v) is 17.1. The van der Waals surface area contributed by atoms with Crippen LogP contribution in [0.5, 0.6) is 0 Å². The molecule has 726 valence electrons. The van der Waals surface area contributed by atoms with E-state index in [1.165, 1.54) is 88.0 Å². The molecule has 18 aromatic heterocycles. The van der Waals surface area contributed by atoms with Gasteiger partial charge in [0.2, 0.25) is 0 Å². The van der Waals surface area contributed by atoms with Gasteiger partial charge in [-0.05, 0) is 114 Å². The van der Waals surface area contributed by atoms with Crippen LogP contribution in [0.3, 0.4) is 0 Å². The van der Waals surface area contributed by atoms with Crippen LogP contribution in [0.4, 0.5) is 65.3 Å². The van der Waals surface area contributed by atoms with Crippen molar-refractivity contribution in [3.63, 3.8) is 0 Å². The number of benzene rings is 5. The van der Waals surface area contributed by atoms with Crippen molar-refractivity contribution in [3.05, 3.63) is 340 Å². The van der Waals surface area contributed by atoms with Gasteiger partial charge in [0.05, 0.1) is 133 Å². The van der Waals surface area contributed by atoms with E-state index in [1.54, 1.807) is 73.7 Å². The Morgan fingerprint density at radius 3 is 1.05 bits per heavy atom. The molecular weight excluding hydrogens is 1920 g/mol. The molecule has 0 bridgehead atoms. The number of fused-ring (bicyclic) bond motifs is 8. The molecule has 0 fully saturated rings. The summed E-state index contributed by atoms with van der Waals surface area (Å²) in [6.07, 6.45) is 22.0. The summed E-state index contributed by atoms with van der Waals surface area (Å²) in [5, 5.41) is 41.4. The molecule has 18 heterocycles. The second kappa shape index (κ2) is 42.4. The number of nitrogens with two attached hydrogens (primary N) is 2. The normalized spacial score (nSPS) is 12.3. The molecule has 146 heavy (non-hydrogen) atoms. The fraction of sp³-hybridized carbons (Fsp3) is 0.150. The van der Waals surface area contributed by atoms with E-state index in [0.717, 1.165) is 78.5 Å². The zero-order valence-electron chi connectivity index (χ0n) is 78.4. The Balaban J connectivity index is 0.000000115. The van der Waals surface area contributed by atoms with E-state index in [4.69, 9.17) is 69.6 Å². The molecule has 0 aliphatic carbocycles. The lowest BCUT2D eigenvalue weighted by Gasteiger charge is -2.22. The number of imidazole rings is 8. The average molecular weight is 2010 g/mol.